The van der Waals surface area contributed by atoms with E-state index in [9.17, 15) is 23.5 Å². The van der Waals surface area contributed by atoms with E-state index < -0.39 is 35.8 Å². The Balaban J connectivity index is 0.827. The molecule has 8 heterocycles. The fraction of sp³-hybridized carbons (Fsp3) is 0.521. The molecule has 6 aromatic rings. The predicted octanol–water partition coefficient (Wildman–Crippen LogP) is 3.45. The van der Waals surface area contributed by atoms with E-state index in [0.29, 0.717) is 81.2 Å². The maximum atomic E-state index is 13.8. The first-order valence-corrected chi connectivity index (χ1v) is 24.4. The largest absolute Gasteiger partial charge is 0.489 e. The fourth-order valence-corrected chi connectivity index (χ4v) is 8.82. The number of aromatic nitrogens is 11. The number of alkyl halides is 2. The minimum absolute atomic E-state index is 0.00202. The van der Waals surface area contributed by atoms with Crippen LogP contribution < -0.4 is 40.4 Å². The number of hydrogen-bond donors (Lipinski definition) is 4. The maximum absolute atomic E-state index is 13.8. The Morgan fingerprint density at radius 1 is 0.945 bits per heavy atom. The van der Waals surface area contributed by atoms with Gasteiger partial charge >= 0.3 is 12.0 Å². The van der Waals surface area contributed by atoms with Gasteiger partial charge in [-0.3, -0.25) is 9.59 Å². The van der Waals surface area contributed by atoms with Crippen LogP contribution in [0.15, 0.2) is 49.2 Å². The summed E-state index contributed by atoms with van der Waals surface area (Å²) in [5, 5.41) is 21.0. The average molecular weight is 1010 g/mol. The van der Waals surface area contributed by atoms with Gasteiger partial charge in [-0.05, 0) is 63.6 Å². The van der Waals surface area contributed by atoms with Crippen molar-refractivity contribution in [3.8, 4) is 29.0 Å². The van der Waals surface area contributed by atoms with Crippen LogP contribution in [0.3, 0.4) is 0 Å². The summed E-state index contributed by atoms with van der Waals surface area (Å²) in [4.78, 5) is 66.6. The summed E-state index contributed by atoms with van der Waals surface area (Å²) in [6.45, 7) is 6.38. The average Bonchev–Trinajstić information content (AvgIpc) is 3.62. The summed E-state index contributed by atoms with van der Waals surface area (Å²) >= 11 is 0. The second-order valence-electron chi connectivity index (χ2n) is 18.8. The van der Waals surface area contributed by atoms with Crippen molar-refractivity contribution in [1.82, 2.24) is 64.9 Å². The van der Waals surface area contributed by atoms with Crippen molar-refractivity contribution in [2.75, 3.05) is 81.8 Å². The number of carbonyl (C=O) groups is 2. The number of pyridine rings is 2. The molecule has 2 saturated heterocycles. The van der Waals surface area contributed by atoms with Gasteiger partial charge in [-0.1, -0.05) is 0 Å². The molecule has 1 aliphatic carbocycles. The molecule has 5 N–H and O–H groups in total. The van der Waals surface area contributed by atoms with Gasteiger partial charge < -0.3 is 54.8 Å². The third-order valence-electron chi connectivity index (χ3n) is 13.1. The summed E-state index contributed by atoms with van der Waals surface area (Å²) in [7, 11) is 3.47. The number of imidazole rings is 1. The third-order valence-corrected chi connectivity index (χ3v) is 13.1. The van der Waals surface area contributed by atoms with E-state index in [4.69, 9.17) is 29.8 Å². The molecule has 73 heavy (non-hydrogen) atoms. The third kappa shape index (κ3) is 12.3. The molecule has 388 valence electrons. The van der Waals surface area contributed by atoms with Crippen LogP contribution in [0.1, 0.15) is 78.7 Å². The summed E-state index contributed by atoms with van der Waals surface area (Å²) in [6.07, 6.45) is 9.20. The lowest BCUT2D eigenvalue weighted by Crippen LogP contribution is -2.37. The molecule has 3 aliphatic rings. The SMILES string of the molecule is COC[C@@H](C)Oc1nc(C(=O)NCCn2nc(C3CCN(c4cc(C(=O)N[C@H](C)CO)nc(OCC5CC5(F)F)n4)CC3)c3cccnc32)nc(N2CCC(COc3cc(-c4cn(C)cn4)cnc3N)CC2)n1. The van der Waals surface area contributed by atoms with Crippen LogP contribution in [0.25, 0.3) is 22.3 Å². The predicted molar refractivity (Wildman–Crippen MR) is 262 cm³/mol. The minimum Gasteiger partial charge on any atom is -0.489 e. The molecule has 9 rings (SSSR count). The number of carbonyl (C=O) groups excluding carboxylic acids is 2. The molecule has 0 aromatic carbocycles. The number of methoxy groups -OCH3 is 1. The normalized spacial score (nSPS) is 17.8. The highest BCUT2D eigenvalue weighted by Gasteiger charge is 2.57. The molecule has 1 saturated carbocycles. The monoisotopic (exact) mass is 1010 g/mol. The van der Waals surface area contributed by atoms with E-state index in [1.54, 1.807) is 37.4 Å². The Kier molecular flexibility index (Phi) is 15.3. The zero-order valence-corrected chi connectivity index (χ0v) is 41.2. The molecular weight excluding hydrogens is 951 g/mol. The van der Waals surface area contributed by atoms with E-state index in [0.717, 1.165) is 35.2 Å². The number of nitrogens with zero attached hydrogens (tertiary/aromatic N) is 13. The van der Waals surface area contributed by atoms with E-state index in [2.05, 4.69) is 50.5 Å². The lowest BCUT2D eigenvalue weighted by molar-refractivity contribution is 0.0835. The van der Waals surface area contributed by atoms with E-state index in [-0.39, 0.29) is 68.2 Å². The Morgan fingerprint density at radius 3 is 2.45 bits per heavy atom. The Morgan fingerprint density at radius 2 is 1.73 bits per heavy atom. The second kappa shape index (κ2) is 22.1. The summed E-state index contributed by atoms with van der Waals surface area (Å²) in [6, 6.07) is 6.53. The lowest BCUT2D eigenvalue weighted by atomic mass is 9.92. The molecular formula is C48H60F2N16O7. The van der Waals surface area contributed by atoms with Crippen molar-refractivity contribution in [2.45, 2.75) is 76.5 Å². The van der Waals surface area contributed by atoms with Gasteiger partial charge in [0, 0.05) is 101 Å². The number of halogens is 2. The standard InChI is InChI=1S/C48H60F2N16O7/c1-28(23-67)56-43(68)35-19-38(58-46(57-35)72-26-33-20-48(33,49)50)64-15-9-31(10-16-64)39-34-6-5-11-52-42(34)66(62-39)17-12-53-44(69)41-59-45(61-47(60-41)73-29(2)24-70-4)65-13-7-30(8-14-65)25-71-37-18-32(21-54-40(37)51)36-22-63(3)27-55-36/h5-6,11,18-19,21-22,27-31,33,67H,7-10,12-17,20,23-26H2,1-4H3,(H2,51,54)(H,53,69)(H,56,68)/t28-,29-,33?/m1/s1. The number of nitrogens with one attached hydrogen (secondary N) is 2. The molecule has 2 amide bonds. The van der Waals surface area contributed by atoms with Gasteiger partial charge in [-0.2, -0.15) is 30.0 Å². The molecule has 1 unspecified atom stereocenters. The number of nitrogens with two attached hydrogens (primary N) is 1. The van der Waals surface area contributed by atoms with Gasteiger partial charge in [0.15, 0.2) is 17.2 Å². The number of aliphatic hydroxyl groups excluding tert-OH is 1. The first kappa shape index (κ1) is 50.5. The fourth-order valence-electron chi connectivity index (χ4n) is 8.82. The smallest absolute Gasteiger partial charge is 0.322 e. The molecule has 0 spiro atoms. The van der Waals surface area contributed by atoms with Gasteiger partial charge in [0.25, 0.3) is 17.7 Å². The molecule has 0 bridgehead atoms. The number of fused-ring (bicyclic) bond motifs is 1. The van der Waals surface area contributed by atoms with Crippen molar-refractivity contribution in [3.05, 3.63) is 66.4 Å². The van der Waals surface area contributed by atoms with E-state index in [1.165, 1.54) is 6.07 Å². The van der Waals surface area contributed by atoms with Crippen molar-refractivity contribution in [2.24, 2.45) is 18.9 Å². The number of piperidine rings is 2. The van der Waals surface area contributed by atoms with Gasteiger partial charge in [-0.15, -0.1) is 0 Å². The van der Waals surface area contributed by atoms with E-state index in [1.807, 2.05) is 52.7 Å². The maximum Gasteiger partial charge on any atom is 0.322 e. The van der Waals surface area contributed by atoms with Crippen LogP contribution in [-0.4, -0.2) is 155 Å². The zero-order valence-electron chi connectivity index (χ0n) is 41.2. The van der Waals surface area contributed by atoms with Gasteiger partial charge in [-0.25, -0.2) is 28.4 Å². The van der Waals surface area contributed by atoms with Gasteiger partial charge in [0.1, 0.15) is 24.2 Å². The van der Waals surface area contributed by atoms with Gasteiger partial charge in [0.2, 0.25) is 11.8 Å². The minimum atomic E-state index is -2.79. The first-order chi connectivity index (χ1) is 35.2. The first-order valence-electron chi connectivity index (χ1n) is 24.4. The molecule has 23 nitrogen and oxygen atoms in total. The number of aryl methyl sites for hydroxylation is 1. The van der Waals surface area contributed by atoms with Crippen LogP contribution in [0.2, 0.25) is 0 Å². The lowest BCUT2D eigenvalue weighted by Gasteiger charge is -2.32. The molecule has 3 atom stereocenters. The van der Waals surface area contributed by atoms with Crippen LogP contribution in [-0.2, 0) is 18.3 Å². The summed E-state index contributed by atoms with van der Waals surface area (Å²) in [5.74, 6) is -3.08. The van der Waals surface area contributed by atoms with Crippen LogP contribution >= 0.6 is 0 Å². The topological polar surface area (TPSA) is 274 Å². The molecule has 0 radical (unpaired) electrons. The van der Waals surface area contributed by atoms with Crippen LogP contribution in [0.5, 0.6) is 17.8 Å². The number of anilines is 3. The van der Waals surface area contributed by atoms with Crippen LogP contribution in [0.4, 0.5) is 26.4 Å². The highest BCUT2D eigenvalue weighted by atomic mass is 19.3. The van der Waals surface area contributed by atoms with Crippen LogP contribution in [0, 0.1) is 11.8 Å². The molecule has 3 fully saturated rings. The van der Waals surface area contributed by atoms with E-state index >= 15 is 0 Å². The second-order valence-corrected chi connectivity index (χ2v) is 18.8. The van der Waals surface area contributed by atoms with Crippen molar-refractivity contribution in [3.63, 3.8) is 0 Å². The number of aliphatic hydroxyl groups is 1. The molecule has 6 aromatic heterocycles. The Hall–Kier alpha value is -7.41. The van der Waals surface area contributed by atoms with Crippen molar-refractivity contribution >= 4 is 40.4 Å². The van der Waals surface area contributed by atoms with Gasteiger partial charge in [0.05, 0.1) is 50.0 Å². The quantitative estimate of drug-likeness (QED) is 0.0804. The summed E-state index contributed by atoms with van der Waals surface area (Å²) in [5.41, 5.74) is 9.29. The van der Waals surface area contributed by atoms with Crippen molar-refractivity contribution < 1.29 is 42.4 Å². The highest BCUT2D eigenvalue weighted by Crippen LogP contribution is 2.48. The number of nitrogen functional groups attached to an aromatic ring is 1. The zero-order chi connectivity index (χ0) is 51.2. The Labute approximate surface area is 419 Å². The number of rotatable bonds is 21. The number of ether oxygens (including phenoxy) is 4. The molecule has 2 aliphatic heterocycles. The Bertz CT molecular complexity index is 2890. The highest BCUT2D eigenvalue weighted by molar-refractivity contribution is 5.93. The summed E-state index contributed by atoms with van der Waals surface area (Å²) < 4.78 is 54.0. The number of amides is 2. The molecule has 25 heteroatoms. The van der Waals surface area contributed by atoms with Crippen molar-refractivity contribution in [1.29, 1.82) is 0 Å². The number of hydrogen-bond acceptors (Lipinski definition) is 19.